The Morgan fingerprint density at radius 1 is 1.57 bits per heavy atom. The van der Waals surface area contributed by atoms with Crippen LogP contribution in [0.2, 0.25) is 0 Å². The Morgan fingerprint density at radius 3 is 2.79 bits per heavy atom. The molecular weight excluding hydrogens is 200 g/mol. The van der Waals surface area contributed by atoms with Gasteiger partial charge >= 0.3 is 5.97 Å². The van der Waals surface area contributed by atoms with Crippen molar-refractivity contribution in [2.24, 2.45) is 0 Å². The summed E-state index contributed by atoms with van der Waals surface area (Å²) in [6, 6.07) is 4.86. The second-order valence-electron chi connectivity index (χ2n) is 2.60. The normalized spacial score (nSPS) is 9.86. The van der Waals surface area contributed by atoms with Gasteiger partial charge in [0.2, 0.25) is 0 Å². The lowest BCUT2D eigenvalue weighted by atomic mass is 10.2. The van der Waals surface area contributed by atoms with E-state index in [0.717, 1.165) is 16.4 Å². The molecule has 0 aliphatic rings. The van der Waals surface area contributed by atoms with Crippen molar-refractivity contribution in [1.29, 1.82) is 0 Å². The molecule has 0 heterocycles. The third-order valence-corrected chi connectivity index (χ3v) is 2.63. The van der Waals surface area contributed by atoms with Crippen LogP contribution in [0.4, 0.5) is 0 Å². The molecule has 0 aliphatic heterocycles. The van der Waals surface area contributed by atoms with E-state index in [1.807, 2.05) is 6.92 Å². The Bertz CT molecular complexity index is 336. The van der Waals surface area contributed by atoms with Crippen LogP contribution < -0.4 is 4.74 Å². The van der Waals surface area contributed by atoms with Crippen LogP contribution in [0, 0.1) is 0 Å². The smallest absolute Gasteiger partial charge is 0.335 e. The number of thioether (sulfide) groups is 1. The molecule has 0 unspecified atom stereocenters. The molecule has 0 saturated carbocycles. The summed E-state index contributed by atoms with van der Waals surface area (Å²) in [5.74, 6) is 0.701. The maximum absolute atomic E-state index is 10.7. The number of ether oxygens (including phenoxy) is 1. The molecule has 76 valence electrons. The van der Waals surface area contributed by atoms with Crippen LogP contribution in [-0.4, -0.2) is 23.9 Å². The fourth-order valence-corrected chi connectivity index (χ4v) is 1.89. The molecule has 1 rings (SSSR count). The zero-order chi connectivity index (χ0) is 10.6. The van der Waals surface area contributed by atoms with Gasteiger partial charge in [-0.15, -0.1) is 11.8 Å². The highest BCUT2D eigenvalue weighted by Gasteiger charge is 2.08. The van der Waals surface area contributed by atoms with Crippen molar-refractivity contribution in [2.75, 3.05) is 12.9 Å². The van der Waals surface area contributed by atoms with Crippen molar-refractivity contribution >= 4 is 17.7 Å². The van der Waals surface area contributed by atoms with Crippen LogP contribution in [-0.2, 0) is 0 Å². The molecule has 0 bridgehead atoms. The fourth-order valence-electron chi connectivity index (χ4n) is 1.08. The average molecular weight is 212 g/mol. The zero-order valence-corrected chi connectivity index (χ0v) is 8.93. The van der Waals surface area contributed by atoms with Crippen molar-refractivity contribution in [3.8, 4) is 5.75 Å². The molecule has 3 nitrogen and oxygen atoms in total. The van der Waals surface area contributed by atoms with E-state index in [2.05, 4.69) is 0 Å². The first kappa shape index (κ1) is 10.9. The predicted octanol–water partition coefficient (Wildman–Crippen LogP) is 2.51. The van der Waals surface area contributed by atoms with Gasteiger partial charge in [-0.3, -0.25) is 0 Å². The largest absolute Gasteiger partial charge is 0.496 e. The van der Waals surface area contributed by atoms with Crippen molar-refractivity contribution < 1.29 is 14.6 Å². The predicted molar refractivity (Wildman–Crippen MR) is 56.4 cm³/mol. The van der Waals surface area contributed by atoms with Gasteiger partial charge in [0, 0.05) is 0 Å². The zero-order valence-electron chi connectivity index (χ0n) is 8.11. The van der Waals surface area contributed by atoms with Gasteiger partial charge in [0.15, 0.2) is 0 Å². The van der Waals surface area contributed by atoms with Crippen molar-refractivity contribution in [2.45, 2.75) is 11.8 Å². The van der Waals surface area contributed by atoms with E-state index in [1.165, 1.54) is 0 Å². The molecule has 0 atom stereocenters. The number of hydrogen-bond acceptors (Lipinski definition) is 3. The van der Waals surface area contributed by atoms with E-state index in [1.54, 1.807) is 37.1 Å². The molecule has 1 aromatic carbocycles. The standard InChI is InChI=1S/C10H12O3S/c1-3-14-9-6-7(10(11)12)4-5-8(9)13-2/h4-6H,3H2,1-2H3,(H,11,12). The number of carboxylic acid groups (broad SMARTS) is 1. The highest BCUT2D eigenvalue weighted by molar-refractivity contribution is 7.99. The van der Waals surface area contributed by atoms with E-state index >= 15 is 0 Å². The number of carbonyl (C=O) groups is 1. The summed E-state index contributed by atoms with van der Waals surface area (Å²) >= 11 is 1.57. The first-order valence-corrected chi connectivity index (χ1v) is 5.21. The van der Waals surface area contributed by atoms with Crippen LogP contribution in [0.25, 0.3) is 0 Å². The van der Waals surface area contributed by atoms with Gasteiger partial charge in [0.1, 0.15) is 5.75 Å². The van der Waals surface area contributed by atoms with Crippen LogP contribution in [0.3, 0.4) is 0 Å². The molecule has 0 radical (unpaired) electrons. The van der Waals surface area contributed by atoms with Crippen molar-refractivity contribution in [3.05, 3.63) is 23.8 Å². The van der Waals surface area contributed by atoms with Gasteiger partial charge in [-0.05, 0) is 24.0 Å². The highest BCUT2D eigenvalue weighted by Crippen LogP contribution is 2.29. The van der Waals surface area contributed by atoms with Gasteiger partial charge < -0.3 is 9.84 Å². The third kappa shape index (κ3) is 2.42. The van der Waals surface area contributed by atoms with Gasteiger partial charge in [0.25, 0.3) is 0 Å². The van der Waals surface area contributed by atoms with Crippen molar-refractivity contribution in [1.82, 2.24) is 0 Å². The number of rotatable bonds is 4. The quantitative estimate of drug-likeness (QED) is 0.779. The minimum Gasteiger partial charge on any atom is -0.496 e. The topological polar surface area (TPSA) is 46.5 Å². The molecule has 0 saturated heterocycles. The third-order valence-electron chi connectivity index (χ3n) is 1.71. The molecule has 0 aromatic heterocycles. The molecule has 1 aromatic rings. The fraction of sp³-hybridized carbons (Fsp3) is 0.300. The summed E-state index contributed by atoms with van der Waals surface area (Å²) in [5, 5.41) is 8.79. The summed E-state index contributed by atoms with van der Waals surface area (Å²) in [6.07, 6.45) is 0. The van der Waals surface area contributed by atoms with E-state index < -0.39 is 5.97 Å². The summed E-state index contributed by atoms with van der Waals surface area (Å²) in [7, 11) is 1.58. The van der Waals surface area contributed by atoms with Crippen molar-refractivity contribution in [3.63, 3.8) is 0 Å². The summed E-state index contributed by atoms with van der Waals surface area (Å²) in [6.45, 7) is 2.01. The molecule has 4 heteroatoms. The second-order valence-corrected chi connectivity index (χ2v) is 3.91. The molecule has 14 heavy (non-hydrogen) atoms. The Balaban J connectivity index is 3.07. The molecule has 0 amide bonds. The number of methoxy groups -OCH3 is 1. The van der Waals surface area contributed by atoms with Gasteiger partial charge in [-0.1, -0.05) is 6.92 Å². The first-order valence-electron chi connectivity index (χ1n) is 4.23. The highest BCUT2D eigenvalue weighted by atomic mass is 32.2. The molecule has 0 aliphatic carbocycles. The van der Waals surface area contributed by atoms with Gasteiger partial charge in [-0.25, -0.2) is 4.79 Å². The first-order chi connectivity index (χ1) is 6.69. The summed E-state index contributed by atoms with van der Waals surface area (Å²) < 4.78 is 5.12. The Kier molecular flexibility index (Phi) is 3.83. The lowest BCUT2D eigenvalue weighted by Gasteiger charge is -2.07. The monoisotopic (exact) mass is 212 g/mol. The van der Waals surface area contributed by atoms with Crippen LogP contribution in [0.15, 0.2) is 23.1 Å². The van der Waals surface area contributed by atoms with Crippen LogP contribution in [0.5, 0.6) is 5.75 Å². The summed E-state index contributed by atoms with van der Waals surface area (Å²) in [4.78, 5) is 11.6. The maximum Gasteiger partial charge on any atom is 0.335 e. The second kappa shape index (κ2) is 4.91. The number of aromatic carboxylic acids is 1. The number of hydrogen-bond donors (Lipinski definition) is 1. The SMILES string of the molecule is CCSc1cc(C(=O)O)ccc1OC. The maximum atomic E-state index is 10.7. The van der Waals surface area contributed by atoms with Crippen LogP contribution in [0.1, 0.15) is 17.3 Å². The Hall–Kier alpha value is -1.16. The minimum atomic E-state index is -0.911. The molecule has 0 fully saturated rings. The van der Waals surface area contributed by atoms with E-state index in [-0.39, 0.29) is 0 Å². The summed E-state index contributed by atoms with van der Waals surface area (Å²) in [5.41, 5.74) is 0.293. The Morgan fingerprint density at radius 2 is 2.29 bits per heavy atom. The average Bonchev–Trinajstić information content (AvgIpc) is 2.18. The lowest BCUT2D eigenvalue weighted by Crippen LogP contribution is -1.97. The lowest BCUT2D eigenvalue weighted by molar-refractivity contribution is 0.0696. The number of carboxylic acids is 1. The molecule has 0 spiro atoms. The number of benzene rings is 1. The molecule has 1 N–H and O–H groups in total. The van der Waals surface area contributed by atoms with E-state index in [9.17, 15) is 4.79 Å². The molecular formula is C10H12O3S. The van der Waals surface area contributed by atoms with E-state index in [0.29, 0.717) is 5.56 Å². The van der Waals surface area contributed by atoms with E-state index in [4.69, 9.17) is 9.84 Å². The minimum absolute atomic E-state index is 0.293. The Labute approximate surface area is 87.1 Å². The van der Waals surface area contributed by atoms with Gasteiger partial charge in [0.05, 0.1) is 17.6 Å². The van der Waals surface area contributed by atoms with Crippen LogP contribution >= 0.6 is 11.8 Å². The van der Waals surface area contributed by atoms with Gasteiger partial charge in [-0.2, -0.15) is 0 Å².